The van der Waals surface area contributed by atoms with E-state index >= 15 is 0 Å². The molecule has 0 aromatic rings. The molecule has 0 aromatic carbocycles. The van der Waals surface area contributed by atoms with Gasteiger partial charge in [-0.2, -0.15) is 0 Å². The Hall–Kier alpha value is 0.250. The molecule has 0 aliphatic rings. The lowest BCUT2D eigenvalue weighted by molar-refractivity contribution is -0.915. The Bertz CT molecular complexity index is 459. The highest BCUT2D eigenvalue weighted by Gasteiger charge is 2.34. The van der Waals surface area contributed by atoms with Gasteiger partial charge in [-0.1, -0.05) is 11.8 Å². The molecule has 0 N–H and O–H groups in total. The average Bonchev–Trinajstić information content (AvgIpc) is 2.70. The van der Waals surface area contributed by atoms with Crippen LogP contribution in [-0.4, -0.2) is 94.9 Å². The van der Waals surface area contributed by atoms with E-state index < -0.39 is 8.45 Å². The van der Waals surface area contributed by atoms with Gasteiger partial charge in [-0.15, -0.1) is 0 Å². The van der Waals surface area contributed by atoms with Gasteiger partial charge in [-0.25, -0.2) is 9.34 Å². The maximum Gasteiger partial charge on any atom is 0.243 e. The first-order valence-electron chi connectivity index (χ1n) is 12.5. The number of nitrogens with zero attached hydrogens (tertiary/aromatic N) is 3. The van der Waals surface area contributed by atoms with Gasteiger partial charge in [0.15, 0.2) is 8.45 Å². The molecule has 0 spiro atoms. The predicted molar refractivity (Wildman–Crippen MR) is 142 cm³/mol. The minimum absolute atomic E-state index is 0.271. The molecular weight excluding hydrogens is 441 g/mol. The zero-order valence-electron chi connectivity index (χ0n) is 22.9. The molecule has 0 fully saturated rings. The van der Waals surface area contributed by atoms with Gasteiger partial charge in [0.25, 0.3) is 0 Å². The number of likely N-dealkylation sites (N-methyl/N-ethyl adjacent to an activating group) is 1. The topological polar surface area (TPSA) is 42.0 Å². The third-order valence-corrected chi connectivity index (χ3v) is 9.79. The SMILES string of the molecule is CC[N+](CC)(CC)CC(=O)SCCOCCOP(N(C(C)C)C(C)C)N(C(C)C)C(C)C. The van der Waals surface area contributed by atoms with Crippen molar-refractivity contribution in [1.29, 1.82) is 0 Å². The molecule has 6 nitrogen and oxygen atoms in total. The molecule has 0 heterocycles. The zero-order valence-corrected chi connectivity index (χ0v) is 24.6. The largest absolute Gasteiger partial charge is 0.378 e. The van der Waals surface area contributed by atoms with Crippen molar-refractivity contribution in [2.75, 3.05) is 51.8 Å². The Balaban J connectivity index is 4.62. The first kappa shape index (κ1) is 32.2. The molecule has 192 valence electrons. The van der Waals surface area contributed by atoms with Crippen LogP contribution in [0.3, 0.4) is 0 Å². The quantitative estimate of drug-likeness (QED) is 0.140. The Morgan fingerprint density at radius 1 is 0.781 bits per heavy atom. The van der Waals surface area contributed by atoms with Crippen LogP contribution in [0.2, 0.25) is 0 Å². The molecule has 0 aliphatic heterocycles. The summed E-state index contributed by atoms with van der Waals surface area (Å²) >= 11 is 1.41. The van der Waals surface area contributed by atoms with Crippen LogP contribution in [0.15, 0.2) is 0 Å². The Morgan fingerprint density at radius 3 is 1.59 bits per heavy atom. The summed E-state index contributed by atoms with van der Waals surface area (Å²) < 4.78 is 18.1. The molecule has 0 aliphatic carbocycles. The van der Waals surface area contributed by atoms with Crippen molar-refractivity contribution in [3.8, 4) is 0 Å². The molecular formula is C24H53N3O3PS+. The van der Waals surface area contributed by atoms with Gasteiger partial charge in [0.2, 0.25) is 5.12 Å². The van der Waals surface area contributed by atoms with Crippen LogP contribution in [0.1, 0.15) is 76.2 Å². The van der Waals surface area contributed by atoms with Crippen LogP contribution in [0.5, 0.6) is 0 Å². The predicted octanol–water partition coefficient (Wildman–Crippen LogP) is 5.62. The lowest BCUT2D eigenvalue weighted by Crippen LogP contribution is -2.50. The van der Waals surface area contributed by atoms with E-state index in [2.05, 4.69) is 85.5 Å². The summed E-state index contributed by atoms with van der Waals surface area (Å²) in [6, 6.07) is 1.63. The fraction of sp³-hybridized carbons (Fsp3) is 0.958. The van der Waals surface area contributed by atoms with Gasteiger partial charge in [0, 0.05) is 29.9 Å². The number of rotatable bonds is 18. The van der Waals surface area contributed by atoms with Crippen molar-refractivity contribution in [3.05, 3.63) is 0 Å². The highest BCUT2D eigenvalue weighted by molar-refractivity contribution is 8.13. The molecule has 0 saturated carbocycles. The minimum Gasteiger partial charge on any atom is -0.378 e. The van der Waals surface area contributed by atoms with Crippen molar-refractivity contribution in [2.24, 2.45) is 0 Å². The summed E-state index contributed by atoms with van der Waals surface area (Å²) in [5, 5.41) is 0.271. The van der Waals surface area contributed by atoms with Gasteiger partial charge in [-0.3, -0.25) is 4.79 Å². The average molecular weight is 495 g/mol. The van der Waals surface area contributed by atoms with Crippen molar-refractivity contribution < 1.29 is 18.5 Å². The van der Waals surface area contributed by atoms with Crippen molar-refractivity contribution >= 4 is 25.3 Å². The van der Waals surface area contributed by atoms with Crippen molar-refractivity contribution in [2.45, 2.75) is 100 Å². The third-order valence-electron chi connectivity index (χ3n) is 5.91. The monoisotopic (exact) mass is 494 g/mol. The Kier molecular flexibility index (Phi) is 16.9. The normalized spacial score (nSPS) is 13.2. The van der Waals surface area contributed by atoms with Gasteiger partial charge < -0.3 is 13.7 Å². The summed E-state index contributed by atoms with van der Waals surface area (Å²) in [6.45, 7) is 29.8. The number of quaternary nitrogens is 1. The molecule has 0 atom stereocenters. The molecule has 0 unspecified atom stereocenters. The standard InChI is InChI=1S/C24H53N3O3PS/c1-12-27(13-2,14-3)19-24(28)32-18-17-29-15-16-30-31(25(20(4)5)21(6)7)26(22(8)9)23(10)11/h20-23H,12-19H2,1-11H3/q+1. The van der Waals surface area contributed by atoms with E-state index in [4.69, 9.17) is 9.26 Å². The summed E-state index contributed by atoms with van der Waals surface area (Å²) in [4.78, 5) is 12.4. The first-order valence-corrected chi connectivity index (χ1v) is 14.7. The van der Waals surface area contributed by atoms with E-state index in [1.807, 2.05) is 0 Å². The smallest absolute Gasteiger partial charge is 0.243 e. The van der Waals surface area contributed by atoms with Crippen molar-refractivity contribution in [1.82, 2.24) is 9.34 Å². The van der Waals surface area contributed by atoms with E-state index in [-0.39, 0.29) is 5.12 Å². The van der Waals surface area contributed by atoms with Crippen LogP contribution in [0.25, 0.3) is 0 Å². The number of carbonyl (C=O) groups excluding carboxylic acids is 1. The number of carbonyl (C=O) groups is 1. The number of thioether (sulfide) groups is 1. The minimum atomic E-state index is -0.877. The van der Waals surface area contributed by atoms with Crippen LogP contribution >= 0.6 is 20.2 Å². The summed E-state index contributed by atoms with van der Waals surface area (Å²) in [6.07, 6.45) is 0. The number of ether oxygens (including phenoxy) is 1. The van der Waals surface area contributed by atoms with Crippen LogP contribution in [0.4, 0.5) is 0 Å². The van der Waals surface area contributed by atoms with Crippen LogP contribution in [0, 0.1) is 0 Å². The molecule has 8 heteroatoms. The van der Waals surface area contributed by atoms with Crippen molar-refractivity contribution in [3.63, 3.8) is 0 Å². The van der Waals surface area contributed by atoms with E-state index in [9.17, 15) is 4.79 Å². The van der Waals surface area contributed by atoms with Crippen LogP contribution < -0.4 is 0 Å². The van der Waals surface area contributed by atoms with Gasteiger partial charge in [0.1, 0.15) is 6.54 Å². The summed E-state index contributed by atoms with van der Waals surface area (Å²) in [5.74, 6) is 0.707. The molecule has 32 heavy (non-hydrogen) atoms. The molecule has 0 bridgehead atoms. The van der Waals surface area contributed by atoms with E-state index in [0.29, 0.717) is 56.3 Å². The third kappa shape index (κ3) is 11.1. The molecule has 0 saturated heterocycles. The first-order chi connectivity index (χ1) is 15.0. The maximum atomic E-state index is 12.4. The van der Waals surface area contributed by atoms with E-state index in [0.717, 1.165) is 24.1 Å². The van der Waals surface area contributed by atoms with Gasteiger partial charge in [0.05, 0.1) is 39.5 Å². The number of hydrogen-bond acceptors (Lipinski definition) is 6. The lowest BCUT2D eigenvalue weighted by atomic mass is 10.3. The fourth-order valence-electron chi connectivity index (χ4n) is 4.06. The highest BCUT2D eigenvalue weighted by Crippen LogP contribution is 2.50. The molecule has 0 rings (SSSR count). The Labute approximate surface area is 205 Å². The molecule has 0 aromatic heterocycles. The fourth-order valence-corrected chi connectivity index (χ4v) is 7.17. The second-order valence-electron chi connectivity index (χ2n) is 9.50. The summed E-state index contributed by atoms with van der Waals surface area (Å²) in [7, 11) is -0.877. The Morgan fingerprint density at radius 2 is 1.22 bits per heavy atom. The van der Waals surface area contributed by atoms with E-state index in [1.165, 1.54) is 11.8 Å². The molecule has 0 radical (unpaired) electrons. The maximum absolute atomic E-state index is 12.4. The van der Waals surface area contributed by atoms with E-state index in [1.54, 1.807) is 0 Å². The number of hydrogen-bond donors (Lipinski definition) is 0. The highest BCUT2D eigenvalue weighted by atomic mass is 32.2. The summed E-state index contributed by atoms with van der Waals surface area (Å²) in [5.41, 5.74) is 0. The van der Waals surface area contributed by atoms with Gasteiger partial charge in [-0.05, 0) is 76.2 Å². The van der Waals surface area contributed by atoms with Crippen LogP contribution in [-0.2, 0) is 14.1 Å². The lowest BCUT2D eigenvalue weighted by Gasteiger charge is -2.45. The second-order valence-corrected chi connectivity index (χ2v) is 12.3. The van der Waals surface area contributed by atoms with Gasteiger partial charge >= 0.3 is 0 Å². The zero-order chi connectivity index (χ0) is 24.9. The molecule has 0 amide bonds. The second kappa shape index (κ2) is 16.8.